The summed E-state index contributed by atoms with van der Waals surface area (Å²) in [6, 6.07) is 24.1. The first-order valence-electron chi connectivity index (χ1n) is 9.71. The molecule has 0 saturated heterocycles. The maximum Gasteiger partial charge on any atom is 0.268 e. The Kier molecular flexibility index (Phi) is 5.68. The second kappa shape index (κ2) is 8.57. The first-order valence-corrected chi connectivity index (χ1v) is 11.2. The Bertz CT molecular complexity index is 1340. The van der Waals surface area contributed by atoms with E-state index in [0.29, 0.717) is 10.9 Å². The third-order valence-electron chi connectivity index (χ3n) is 4.93. The van der Waals surface area contributed by atoms with Crippen LogP contribution < -0.4 is 5.32 Å². The van der Waals surface area contributed by atoms with Crippen molar-refractivity contribution in [3.05, 3.63) is 102 Å². The number of Topliss-reactive ketones (excluding diaryl/α,β-unsaturated/α-hetero) is 1. The Balaban J connectivity index is 1.60. The van der Waals surface area contributed by atoms with Crippen molar-refractivity contribution in [2.24, 2.45) is 0 Å². The molecule has 1 amide bonds. The molecule has 6 nitrogen and oxygen atoms in total. The summed E-state index contributed by atoms with van der Waals surface area (Å²) >= 11 is 0. The van der Waals surface area contributed by atoms with Crippen LogP contribution in [0.3, 0.4) is 0 Å². The van der Waals surface area contributed by atoms with Gasteiger partial charge in [0.25, 0.3) is 10.0 Å². The SMILES string of the molecule is O=C(Cc1ccccc1)NCC(=O)c1cn(S(=O)(=O)c2ccccc2)c2ccccc12. The van der Waals surface area contributed by atoms with Gasteiger partial charge in [0.2, 0.25) is 5.91 Å². The number of benzene rings is 3. The summed E-state index contributed by atoms with van der Waals surface area (Å²) < 4.78 is 27.4. The number of carbonyl (C=O) groups is 2. The van der Waals surface area contributed by atoms with Crippen molar-refractivity contribution in [1.29, 1.82) is 0 Å². The van der Waals surface area contributed by atoms with Gasteiger partial charge in [-0.15, -0.1) is 0 Å². The van der Waals surface area contributed by atoms with Crippen LogP contribution in [0, 0.1) is 0 Å². The van der Waals surface area contributed by atoms with Gasteiger partial charge in [-0.1, -0.05) is 66.7 Å². The smallest absolute Gasteiger partial charge is 0.268 e. The van der Waals surface area contributed by atoms with E-state index in [-0.39, 0.29) is 35.1 Å². The van der Waals surface area contributed by atoms with E-state index in [1.165, 1.54) is 18.3 Å². The van der Waals surface area contributed by atoms with Gasteiger partial charge in [0.1, 0.15) is 0 Å². The fourth-order valence-corrected chi connectivity index (χ4v) is 4.79. The summed E-state index contributed by atoms with van der Waals surface area (Å²) in [5, 5.41) is 3.14. The highest BCUT2D eigenvalue weighted by Crippen LogP contribution is 2.26. The molecule has 0 atom stereocenters. The number of hydrogen-bond acceptors (Lipinski definition) is 4. The summed E-state index contributed by atoms with van der Waals surface area (Å²) in [7, 11) is -3.87. The van der Waals surface area contributed by atoms with Crippen molar-refractivity contribution in [3.63, 3.8) is 0 Å². The quantitative estimate of drug-likeness (QED) is 0.454. The molecule has 4 aromatic rings. The number of nitrogens with one attached hydrogen (secondary N) is 1. The molecule has 0 fully saturated rings. The van der Waals surface area contributed by atoms with Gasteiger partial charge in [-0.25, -0.2) is 12.4 Å². The predicted molar refractivity (Wildman–Crippen MR) is 118 cm³/mol. The van der Waals surface area contributed by atoms with Gasteiger partial charge >= 0.3 is 0 Å². The molecule has 1 aromatic heterocycles. The third kappa shape index (κ3) is 4.27. The number of amides is 1. The van der Waals surface area contributed by atoms with Crippen molar-refractivity contribution in [3.8, 4) is 0 Å². The van der Waals surface area contributed by atoms with Gasteiger partial charge in [-0.05, 0) is 23.8 Å². The van der Waals surface area contributed by atoms with Crippen LogP contribution >= 0.6 is 0 Å². The summed E-state index contributed by atoms with van der Waals surface area (Å²) in [6.45, 7) is -0.217. The van der Waals surface area contributed by atoms with Crippen LogP contribution in [0.2, 0.25) is 0 Å². The van der Waals surface area contributed by atoms with E-state index in [0.717, 1.165) is 9.54 Å². The minimum Gasteiger partial charge on any atom is -0.348 e. The van der Waals surface area contributed by atoms with Gasteiger partial charge in [0, 0.05) is 17.1 Å². The first-order chi connectivity index (χ1) is 15.0. The maximum atomic E-state index is 13.1. The molecule has 0 radical (unpaired) electrons. The van der Waals surface area contributed by atoms with E-state index in [2.05, 4.69) is 5.32 Å². The fourth-order valence-electron chi connectivity index (χ4n) is 3.39. The fraction of sp³-hybridized carbons (Fsp3) is 0.0833. The number of aromatic nitrogens is 1. The highest BCUT2D eigenvalue weighted by atomic mass is 32.2. The monoisotopic (exact) mass is 432 g/mol. The number of rotatable bonds is 7. The van der Waals surface area contributed by atoms with E-state index in [4.69, 9.17) is 0 Å². The molecule has 3 aromatic carbocycles. The lowest BCUT2D eigenvalue weighted by Crippen LogP contribution is -2.30. The van der Waals surface area contributed by atoms with Gasteiger partial charge in [0.15, 0.2) is 5.78 Å². The summed E-state index contributed by atoms with van der Waals surface area (Å²) in [4.78, 5) is 25.2. The Morgan fingerprint density at radius 3 is 2.13 bits per heavy atom. The molecule has 4 rings (SSSR count). The number of ketones is 1. The standard InChI is InChI=1S/C24H20N2O4S/c27-23(16-25-24(28)15-18-9-3-1-4-10-18)21-17-26(22-14-8-7-13-20(21)22)31(29,30)19-11-5-2-6-12-19/h1-14,17H,15-16H2,(H,25,28). The minimum absolute atomic E-state index is 0.130. The molecular formula is C24H20N2O4S. The number of fused-ring (bicyclic) bond motifs is 1. The highest BCUT2D eigenvalue weighted by Gasteiger charge is 2.23. The van der Waals surface area contributed by atoms with Crippen molar-refractivity contribution >= 4 is 32.6 Å². The second-order valence-corrected chi connectivity index (χ2v) is 8.85. The van der Waals surface area contributed by atoms with E-state index in [1.54, 1.807) is 42.5 Å². The minimum atomic E-state index is -3.87. The molecular weight excluding hydrogens is 412 g/mol. The topological polar surface area (TPSA) is 85.2 Å². The summed E-state index contributed by atoms with van der Waals surface area (Å²) in [6.07, 6.45) is 1.50. The lowest BCUT2D eigenvalue weighted by atomic mass is 10.1. The zero-order chi connectivity index (χ0) is 21.8. The number of carbonyl (C=O) groups excluding carboxylic acids is 2. The van der Waals surface area contributed by atoms with Crippen LogP contribution in [0.1, 0.15) is 15.9 Å². The molecule has 1 N–H and O–H groups in total. The molecule has 0 aliphatic heterocycles. The van der Waals surface area contributed by atoms with Gasteiger partial charge in [-0.2, -0.15) is 0 Å². The zero-order valence-electron chi connectivity index (χ0n) is 16.6. The summed E-state index contributed by atoms with van der Waals surface area (Å²) in [5.74, 6) is -0.639. The first kappa shape index (κ1) is 20.6. The molecule has 0 spiro atoms. The molecule has 0 saturated carbocycles. The number of nitrogens with zero attached hydrogens (tertiary/aromatic N) is 1. The van der Waals surface area contributed by atoms with E-state index in [9.17, 15) is 18.0 Å². The maximum absolute atomic E-state index is 13.1. The molecule has 31 heavy (non-hydrogen) atoms. The second-order valence-electron chi connectivity index (χ2n) is 7.04. The Morgan fingerprint density at radius 2 is 1.42 bits per heavy atom. The normalized spacial score (nSPS) is 11.4. The lowest BCUT2D eigenvalue weighted by molar-refractivity contribution is -0.120. The highest BCUT2D eigenvalue weighted by molar-refractivity contribution is 7.90. The summed E-state index contributed by atoms with van der Waals surface area (Å²) in [5.41, 5.74) is 1.50. The molecule has 0 aliphatic rings. The largest absolute Gasteiger partial charge is 0.348 e. The van der Waals surface area contributed by atoms with Crippen LogP contribution in [-0.2, 0) is 21.2 Å². The number of para-hydroxylation sites is 1. The van der Waals surface area contributed by atoms with Crippen LogP contribution in [0.4, 0.5) is 0 Å². The van der Waals surface area contributed by atoms with E-state index >= 15 is 0 Å². The van der Waals surface area contributed by atoms with Crippen LogP contribution in [0.25, 0.3) is 10.9 Å². The zero-order valence-corrected chi connectivity index (χ0v) is 17.4. The van der Waals surface area contributed by atoms with Crippen molar-refractivity contribution in [2.75, 3.05) is 6.54 Å². The average Bonchev–Trinajstić information content (AvgIpc) is 3.19. The van der Waals surface area contributed by atoms with E-state index < -0.39 is 10.0 Å². The van der Waals surface area contributed by atoms with Crippen molar-refractivity contribution in [2.45, 2.75) is 11.3 Å². The van der Waals surface area contributed by atoms with Crippen LogP contribution in [0.15, 0.2) is 96.0 Å². The molecule has 7 heteroatoms. The Morgan fingerprint density at radius 1 is 0.806 bits per heavy atom. The van der Waals surface area contributed by atoms with Gasteiger partial charge < -0.3 is 5.32 Å². The van der Waals surface area contributed by atoms with Crippen LogP contribution in [0.5, 0.6) is 0 Å². The van der Waals surface area contributed by atoms with Crippen LogP contribution in [-0.4, -0.2) is 30.6 Å². The average molecular weight is 433 g/mol. The molecule has 0 bridgehead atoms. The number of hydrogen-bond donors (Lipinski definition) is 1. The lowest BCUT2D eigenvalue weighted by Gasteiger charge is -2.07. The Labute approximate surface area is 180 Å². The van der Waals surface area contributed by atoms with Crippen molar-refractivity contribution in [1.82, 2.24) is 9.29 Å². The van der Waals surface area contributed by atoms with Gasteiger partial charge in [0.05, 0.1) is 23.4 Å². The van der Waals surface area contributed by atoms with Gasteiger partial charge in [-0.3, -0.25) is 9.59 Å². The molecule has 1 heterocycles. The Hall–Kier alpha value is -3.71. The van der Waals surface area contributed by atoms with E-state index in [1.807, 2.05) is 30.3 Å². The molecule has 0 aliphatic carbocycles. The third-order valence-corrected chi connectivity index (χ3v) is 6.62. The molecule has 0 unspecified atom stereocenters. The molecule has 156 valence electrons. The predicted octanol–water partition coefficient (Wildman–Crippen LogP) is 3.42. The van der Waals surface area contributed by atoms with Crippen molar-refractivity contribution < 1.29 is 18.0 Å².